The number of benzene rings is 2. The van der Waals surface area contributed by atoms with Crippen molar-refractivity contribution in [3.05, 3.63) is 89.1 Å². The highest BCUT2D eigenvalue weighted by Crippen LogP contribution is 2.32. The Balaban J connectivity index is 1.45. The molecule has 4 heterocycles. The van der Waals surface area contributed by atoms with Gasteiger partial charge in [0.05, 0.1) is 41.5 Å². The fourth-order valence-electron chi connectivity index (χ4n) is 6.54. The largest absolute Gasteiger partial charge is 0.475 e. The van der Waals surface area contributed by atoms with Crippen LogP contribution in [0.25, 0.3) is 11.3 Å². The predicted octanol–water partition coefficient (Wildman–Crippen LogP) is 6.02. The van der Waals surface area contributed by atoms with Crippen LogP contribution >= 0.6 is 0 Å². The lowest BCUT2D eigenvalue weighted by Gasteiger charge is -2.41. The van der Waals surface area contributed by atoms with Crippen LogP contribution in [0.15, 0.2) is 71.6 Å². The number of carbonyl (C=O) groups is 1. The lowest BCUT2D eigenvalue weighted by Crippen LogP contribution is -2.51. The topological polar surface area (TPSA) is 127 Å². The van der Waals surface area contributed by atoms with Crippen LogP contribution in [0.4, 0.5) is 11.8 Å². The second-order valence-electron chi connectivity index (χ2n) is 14.1. The Hall–Kier alpha value is -4.55. The monoisotopic (exact) mass is 684 g/mol. The minimum atomic E-state index is -4.17. The number of sulfonamides is 1. The van der Waals surface area contributed by atoms with Gasteiger partial charge in [-0.3, -0.25) is 4.79 Å². The van der Waals surface area contributed by atoms with Gasteiger partial charge in [-0.1, -0.05) is 51.1 Å². The average molecular weight is 685 g/mol. The van der Waals surface area contributed by atoms with Gasteiger partial charge in [0, 0.05) is 30.8 Å². The first-order valence-corrected chi connectivity index (χ1v) is 18.0. The number of rotatable bonds is 7. The van der Waals surface area contributed by atoms with Crippen molar-refractivity contribution in [3.63, 3.8) is 0 Å². The van der Waals surface area contributed by atoms with Crippen molar-refractivity contribution in [1.29, 1.82) is 0 Å². The molecule has 4 aromatic rings. The van der Waals surface area contributed by atoms with Gasteiger partial charge < -0.3 is 19.3 Å². The van der Waals surface area contributed by atoms with E-state index in [1.165, 1.54) is 12.1 Å². The third-order valence-electron chi connectivity index (χ3n) is 8.95. The number of hydrogen-bond acceptors (Lipinski definition) is 9. The molecule has 1 N–H and O–H groups in total. The molecule has 1 fully saturated rings. The van der Waals surface area contributed by atoms with Crippen molar-refractivity contribution >= 4 is 27.7 Å². The number of nitrogens with one attached hydrogen (secondary N) is 1. The number of hydrogen-bond donors (Lipinski definition) is 1. The zero-order valence-electron chi connectivity index (χ0n) is 28.9. The number of amides is 1. The molecule has 0 spiro atoms. The van der Waals surface area contributed by atoms with Crippen LogP contribution in [0.2, 0.25) is 0 Å². The summed E-state index contributed by atoms with van der Waals surface area (Å²) in [6.07, 6.45) is 1.62. The summed E-state index contributed by atoms with van der Waals surface area (Å²) < 4.78 is 41.8. The van der Waals surface area contributed by atoms with Crippen LogP contribution in [0, 0.1) is 19.3 Å². The predicted molar refractivity (Wildman–Crippen MR) is 189 cm³/mol. The molecule has 1 amide bonds. The van der Waals surface area contributed by atoms with E-state index in [0.29, 0.717) is 24.4 Å². The molecule has 6 rings (SSSR count). The van der Waals surface area contributed by atoms with E-state index in [4.69, 9.17) is 14.5 Å². The zero-order chi connectivity index (χ0) is 34.9. The number of nitrogens with zero attached hydrogens (tertiary/aromatic N) is 5. The number of anilines is 2. The molecule has 0 radical (unpaired) electrons. The Kier molecular flexibility index (Phi) is 9.63. The van der Waals surface area contributed by atoms with Crippen LogP contribution < -0.4 is 14.4 Å². The zero-order valence-corrected chi connectivity index (χ0v) is 29.8. The summed E-state index contributed by atoms with van der Waals surface area (Å²) in [7, 11) is -2.47. The third kappa shape index (κ3) is 7.70. The average Bonchev–Trinajstić information content (AvgIpc) is 3.03. The first-order valence-electron chi connectivity index (χ1n) is 16.5. The number of aryl methyl sites for hydroxylation is 2. The smallest absolute Gasteiger partial charge is 0.264 e. The molecular weight excluding hydrogens is 641 g/mol. The number of aromatic nitrogens is 3. The fraction of sp³-hybridized carbons (Fsp3) is 0.405. The summed E-state index contributed by atoms with van der Waals surface area (Å²) in [5, 5.41) is 0. The summed E-state index contributed by atoms with van der Waals surface area (Å²) in [6.45, 7) is 12.1. The Morgan fingerprint density at radius 1 is 0.959 bits per heavy atom. The van der Waals surface area contributed by atoms with Gasteiger partial charge in [-0.15, -0.1) is 0 Å². The standard InChI is InChI=1S/C37H44N6O5S/c1-24-10-7-11-25(2)34(24)31-19-33-40-36(39-31)41-49(45,46)30-14-8-12-26(18-30)35(44)43(29(23-48-33)20-37(3,4)5)21-27-13-9-15-32(38-27)42-17-16-28(42)22-47-6/h7-15,18-19,28-29H,16-17,20-23H2,1-6H3,(H,39,40,41)/t28-,29+/m0/s1. The molecular formula is C37H44N6O5S. The van der Waals surface area contributed by atoms with Crippen LogP contribution in [-0.4, -0.2) is 73.1 Å². The van der Waals surface area contributed by atoms with Gasteiger partial charge in [0.25, 0.3) is 15.9 Å². The van der Waals surface area contributed by atoms with Gasteiger partial charge in [-0.25, -0.2) is 23.1 Å². The lowest BCUT2D eigenvalue weighted by molar-refractivity contribution is 0.0509. The molecule has 4 bridgehead atoms. The quantitative estimate of drug-likeness (QED) is 0.249. The summed E-state index contributed by atoms with van der Waals surface area (Å²) in [5.74, 6) is 0.592. The molecule has 11 nitrogen and oxygen atoms in total. The van der Waals surface area contributed by atoms with E-state index in [-0.39, 0.29) is 52.8 Å². The third-order valence-corrected chi connectivity index (χ3v) is 10.3. The summed E-state index contributed by atoms with van der Waals surface area (Å²) >= 11 is 0. The van der Waals surface area contributed by atoms with E-state index in [2.05, 4.69) is 40.4 Å². The van der Waals surface area contributed by atoms with Crippen molar-refractivity contribution in [2.45, 2.75) is 71.0 Å². The van der Waals surface area contributed by atoms with E-state index in [9.17, 15) is 13.2 Å². The maximum Gasteiger partial charge on any atom is 0.264 e. The highest BCUT2D eigenvalue weighted by atomic mass is 32.2. The Morgan fingerprint density at radius 2 is 1.69 bits per heavy atom. The molecule has 2 atom stereocenters. The molecule has 2 aliphatic rings. The van der Waals surface area contributed by atoms with E-state index in [0.717, 1.165) is 35.5 Å². The normalized spacial score (nSPS) is 19.1. The molecule has 12 heteroatoms. The molecule has 0 saturated carbocycles. The summed E-state index contributed by atoms with van der Waals surface area (Å²) in [5.41, 5.74) is 4.12. The fourth-order valence-corrected chi connectivity index (χ4v) is 7.53. The summed E-state index contributed by atoms with van der Waals surface area (Å²) in [6, 6.07) is 19.4. The molecule has 49 heavy (non-hydrogen) atoms. The Bertz CT molecular complexity index is 1940. The Labute approximate surface area is 288 Å². The molecule has 0 unspecified atom stereocenters. The highest BCUT2D eigenvalue weighted by molar-refractivity contribution is 7.92. The minimum absolute atomic E-state index is 0.0736. The van der Waals surface area contributed by atoms with Gasteiger partial charge >= 0.3 is 0 Å². The van der Waals surface area contributed by atoms with Gasteiger partial charge in [-0.05, 0) is 73.6 Å². The van der Waals surface area contributed by atoms with Crippen molar-refractivity contribution in [2.75, 3.05) is 36.5 Å². The second kappa shape index (κ2) is 13.8. The van der Waals surface area contributed by atoms with E-state index in [1.54, 1.807) is 30.2 Å². The van der Waals surface area contributed by atoms with E-state index in [1.807, 2.05) is 50.2 Å². The molecule has 2 aromatic carbocycles. The van der Waals surface area contributed by atoms with Crippen LogP contribution in [-0.2, 0) is 21.3 Å². The second-order valence-corrected chi connectivity index (χ2v) is 15.7. The van der Waals surface area contributed by atoms with Crippen LogP contribution in [0.3, 0.4) is 0 Å². The molecule has 1 saturated heterocycles. The molecule has 2 aromatic heterocycles. The Morgan fingerprint density at radius 3 is 2.39 bits per heavy atom. The van der Waals surface area contributed by atoms with Crippen molar-refractivity contribution in [2.24, 2.45) is 5.41 Å². The maximum absolute atomic E-state index is 14.5. The van der Waals surface area contributed by atoms with E-state index < -0.39 is 16.1 Å². The van der Waals surface area contributed by atoms with Crippen molar-refractivity contribution in [1.82, 2.24) is 19.9 Å². The molecule has 2 aliphatic heterocycles. The highest BCUT2D eigenvalue weighted by Gasteiger charge is 2.33. The maximum atomic E-state index is 14.5. The van der Waals surface area contributed by atoms with Crippen molar-refractivity contribution < 1.29 is 22.7 Å². The number of methoxy groups -OCH3 is 1. The molecule has 0 aliphatic carbocycles. The van der Waals surface area contributed by atoms with Crippen LogP contribution in [0.5, 0.6) is 5.88 Å². The lowest BCUT2D eigenvalue weighted by atomic mass is 9.87. The van der Waals surface area contributed by atoms with Gasteiger partial charge in [0.15, 0.2) is 0 Å². The van der Waals surface area contributed by atoms with Crippen LogP contribution in [0.1, 0.15) is 60.8 Å². The molecule has 258 valence electrons. The first kappa shape index (κ1) is 34.3. The SMILES string of the molecule is COC[C@@H]1CCN1c1cccc(CN2C(=O)c3cccc(c3)S(=O)(=O)Nc3nc(cc(-c4c(C)cccc4C)n3)OC[C@H]2CC(C)(C)C)n1. The van der Waals surface area contributed by atoms with Gasteiger partial charge in [-0.2, -0.15) is 4.98 Å². The summed E-state index contributed by atoms with van der Waals surface area (Å²) in [4.78, 5) is 32.5. The van der Waals surface area contributed by atoms with E-state index >= 15 is 0 Å². The number of fused-ring (bicyclic) bond motifs is 4. The van der Waals surface area contributed by atoms with Gasteiger partial charge in [0.2, 0.25) is 11.8 Å². The number of ether oxygens (including phenoxy) is 2. The first-order chi connectivity index (χ1) is 23.3. The minimum Gasteiger partial charge on any atom is -0.475 e. The van der Waals surface area contributed by atoms with Gasteiger partial charge in [0.1, 0.15) is 12.4 Å². The van der Waals surface area contributed by atoms with Crippen molar-refractivity contribution in [3.8, 4) is 17.1 Å². The number of pyridine rings is 1. The number of carbonyl (C=O) groups excluding carboxylic acids is 1.